The molecule has 1 heterocycles. The van der Waals surface area contributed by atoms with Gasteiger partial charge in [0, 0.05) is 48.4 Å². The average Bonchev–Trinajstić information content (AvgIpc) is 2.83. The van der Waals surface area contributed by atoms with Gasteiger partial charge in [-0.05, 0) is 59.6 Å². The first-order chi connectivity index (χ1) is 18.3. The molecule has 0 fully saturated rings. The van der Waals surface area contributed by atoms with Crippen molar-refractivity contribution in [2.45, 2.75) is 73.1 Å². The first kappa shape index (κ1) is 26.9. The summed E-state index contributed by atoms with van der Waals surface area (Å²) < 4.78 is 12.1. The summed E-state index contributed by atoms with van der Waals surface area (Å²) in [5.41, 5.74) is 4.60. The molecule has 0 spiro atoms. The molecule has 0 aromatic heterocycles. The van der Waals surface area contributed by atoms with Gasteiger partial charge in [-0.25, -0.2) is 0 Å². The van der Waals surface area contributed by atoms with Gasteiger partial charge in [0.05, 0.1) is 0 Å². The number of Topliss-reactive ketones (excluding diaryl/α,β-unsaturated/α-hetero) is 2. The summed E-state index contributed by atoms with van der Waals surface area (Å²) in [5, 5.41) is 2.90. The van der Waals surface area contributed by atoms with E-state index in [1.165, 1.54) is 0 Å². The number of hydrogen-bond acceptors (Lipinski definition) is 5. The molecule has 6 nitrogen and oxygen atoms in total. The van der Waals surface area contributed by atoms with Crippen LogP contribution in [0, 0.1) is 24.7 Å². The minimum atomic E-state index is -0.447. The molecule has 1 N–H and O–H groups in total. The lowest BCUT2D eigenvalue weighted by molar-refractivity contribution is -0.120. The lowest BCUT2D eigenvalue weighted by Gasteiger charge is -2.42. The van der Waals surface area contributed by atoms with Gasteiger partial charge in [-0.15, -0.1) is 0 Å². The number of ether oxygens (including phenoxy) is 2. The van der Waals surface area contributed by atoms with Crippen molar-refractivity contribution < 1.29 is 23.9 Å². The van der Waals surface area contributed by atoms with Crippen LogP contribution in [-0.2, 0) is 19.1 Å². The zero-order valence-electron chi connectivity index (χ0n) is 23.7. The molecule has 39 heavy (non-hydrogen) atoms. The van der Waals surface area contributed by atoms with E-state index in [9.17, 15) is 14.4 Å². The van der Waals surface area contributed by atoms with Gasteiger partial charge in [-0.3, -0.25) is 14.4 Å². The van der Waals surface area contributed by atoms with Crippen LogP contribution in [-0.4, -0.2) is 24.1 Å². The number of aryl methyl sites for hydroxylation is 1. The van der Waals surface area contributed by atoms with Crippen LogP contribution in [0.3, 0.4) is 0 Å². The molecule has 5 rings (SSSR count). The van der Waals surface area contributed by atoms with Gasteiger partial charge >= 0.3 is 0 Å². The largest absolute Gasteiger partial charge is 0.484 e. The van der Waals surface area contributed by atoms with Crippen LogP contribution >= 0.6 is 0 Å². The highest BCUT2D eigenvalue weighted by Crippen LogP contribution is 2.53. The quantitative estimate of drug-likeness (QED) is 0.467. The minimum Gasteiger partial charge on any atom is -0.484 e. The molecule has 0 bridgehead atoms. The zero-order valence-corrected chi connectivity index (χ0v) is 23.7. The fourth-order valence-corrected chi connectivity index (χ4v) is 5.99. The van der Waals surface area contributed by atoms with Crippen molar-refractivity contribution in [2.75, 3.05) is 11.9 Å². The molecule has 0 saturated heterocycles. The maximum absolute atomic E-state index is 13.4. The Labute approximate surface area is 230 Å². The Kier molecular flexibility index (Phi) is 6.78. The number of benzene rings is 2. The predicted octanol–water partition coefficient (Wildman–Crippen LogP) is 6.72. The molecule has 2 aliphatic carbocycles. The van der Waals surface area contributed by atoms with Crippen LogP contribution < -0.4 is 10.1 Å². The first-order valence-electron chi connectivity index (χ1n) is 13.6. The Balaban J connectivity index is 1.39. The van der Waals surface area contributed by atoms with Crippen LogP contribution in [0.2, 0.25) is 0 Å². The molecule has 2 aromatic rings. The predicted molar refractivity (Wildman–Crippen MR) is 150 cm³/mol. The lowest BCUT2D eigenvalue weighted by Crippen LogP contribution is -2.37. The summed E-state index contributed by atoms with van der Waals surface area (Å²) in [6.07, 6.45) is 2.16. The van der Waals surface area contributed by atoms with Crippen molar-refractivity contribution in [3.05, 3.63) is 81.8 Å². The van der Waals surface area contributed by atoms with Crippen LogP contribution in [0.1, 0.15) is 76.0 Å². The van der Waals surface area contributed by atoms with Gasteiger partial charge in [0.25, 0.3) is 5.91 Å². The molecule has 204 valence electrons. The number of amides is 1. The van der Waals surface area contributed by atoms with Crippen molar-refractivity contribution in [2.24, 2.45) is 10.8 Å². The second-order valence-corrected chi connectivity index (χ2v) is 12.7. The van der Waals surface area contributed by atoms with E-state index in [1.807, 2.05) is 44.2 Å². The summed E-state index contributed by atoms with van der Waals surface area (Å²) in [6.45, 7) is 12.2. The van der Waals surface area contributed by atoms with E-state index >= 15 is 0 Å². The fourth-order valence-electron chi connectivity index (χ4n) is 5.99. The van der Waals surface area contributed by atoms with Gasteiger partial charge in [-0.2, -0.15) is 0 Å². The Hall–Kier alpha value is -3.67. The highest BCUT2D eigenvalue weighted by molar-refractivity contribution is 6.06. The monoisotopic (exact) mass is 527 g/mol. The van der Waals surface area contributed by atoms with E-state index < -0.39 is 5.92 Å². The average molecular weight is 528 g/mol. The van der Waals surface area contributed by atoms with E-state index in [2.05, 4.69) is 33.0 Å². The molecule has 0 radical (unpaired) electrons. The molecule has 6 heteroatoms. The standard InChI is InChI=1S/C33H37NO5/c1-19-8-7-9-23(20(19)2)34-28(37)18-38-22-12-10-21(11-13-22)29-30-24(35)14-32(3,4)16-26(30)39-27-17-33(5,6)15-25(36)31(27)29/h7-13,29H,14-18H2,1-6H3,(H,34,37). The van der Waals surface area contributed by atoms with Gasteiger partial charge in [-0.1, -0.05) is 52.0 Å². The first-order valence-corrected chi connectivity index (χ1v) is 13.6. The molecule has 2 aromatic carbocycles. The SMILES string of the molecule is Cc1cccc(NC(=O)COc2ccc(C3C4=C(CC(C)(C)CC4=O)OC4=C3C(=O)CC(C)(C)C4)cc2)c1C. The summed E-state index contributed by atoms with van der Waals surface area (Å²) in [5.74, 6) is 1.34. The number of hydrogen-bond donors (Lipinski definition) is 1. The van der Waals surface area contributed by atoms with E-state index in [1.54, 1.807) is 12.1 Å². The van der Waals surface area contributed by atoms with Gasteiger partial charge in [0.2, 0.25) is 0 Å². The fraction of sp³-hybridized carbons (Fsp3) is 0.424. The van der Waals surface area contributed by atoms with E-state index in [0.29, 0.717) is 54.1 Å². The highest BCUT2D eigenvalue weighted by Gasteiger charge is 2.47. The molecule has 0 unspecified atom stereocenters. The maximum atomic E-state index is 13.4. The summed E-state index contributed by atoms with van der Waals surface area (Å²) in [6, 6.07) is 13.2. The summed E-state index contributed by atoms with van der Waals surface area (Å²) >= 11 is 0. The van der Waals surface area contributed by atoms with Gasteiger partial charge in [0.1, 0.15) is 17.3 Å². The van der Waals surface area contributed by atoms with Gasteiger partial charge < -0.3 is 14.8 Å². The Morgan fingerprint density at radius 1 is 0.872 bits per heavy atom. The normalized spacial score (nSPS) is 20.3. The summed E-state index contributed by atoms with van der Waals surface area (Å²) in [4.78, 5) is 39.4. The van der Waals surface area contributed by atoms with Crippen LogP contribution in [0.25, 0.3) is 0 Å². The molecular formula is C33H37NO5. The second-order valence-electron chi connectivity index (χ2n) is 12.7. The van der Waals surface area contributed by atoms with E-state index in [4.69, 9.17) is 9.47 Å². The van der Waals surface area contributed by atoms with Gasteiger partial charge in [0.15, 0.2) is 18.2 Å². The highest BCUT2D eigenvalue weighted by atomic mass is 16.5. The van der Waals surface area contributed by atoms with Crippen molar-refractivity contribution in [1.29, 1.82) is 0 Å². The third-order valence-corrected chi connectivity index (χ3v) is 8.04. The molecule has 0 saturated carbocycles. The number of ketones is 2. The Morgan fingerprint density at radius 2 is 1.44 bits per heavy atom. The van der Waals surface area contributed by atoms with Crippen LogP contribution in [0.5, 0.6) is 5.75 Å². The third kappa shape index (κ3) is 5.42. The maximum Gasteiger partial charge on any atom is 0.262 e. The second kappa shape index (κ2) is 9.82. The van der Waals surface area contributed by atoms with Crippen molar-refractivity contribution >= 4 is 23.2 Å². The van der Waals surface area contributed by atoms with E-state index in [0.717, 1.165) is 22.4 Å². The topological polar surface area (TPSA) is 81.7 Å². The smallest absolute Gasteiger partial charge is 0.262 e. The minimum absolute atomic E-state index is 0.0406. The van der Waals surface area contributed by atoms with Crippen molar-refractivity contribution in [3.63, 3.8) is 0 Å². The number of carbonyl (C=O) groups excluding carboxylic acids is 3. The number of anilines is 1. The Morgan fingerprint density at radius 3 is 2.00 bits per heavy atom. The van der Waals surface area contributed by atoms with Crippen LogP contribution in [0.4, 0.5) is 5.69 Å². The Bertz CT molecular complexity index is 1370. The van der Waals surface area contributed by atoms with Crippen molar-refractivity contribution in [3.8, 4) is 5.75 Å². The zero-order chi connectivity index (χ0) is 28.1. The number of rotatable bonds is 5. The lowest BCUT2D eigenvalue weighted by atomic mass is 9.65. The van der Waals surface area contributed by atoms with Crippen molar-refractivity contribution in [1.82, 2.24) is 0 Å². The molecular weight excluding hydrogens is 490 g/mol. The molecule has 0 atom stereocenters. The summed E-state index contributed by atoms with van der Waals surface area (Å²) in [7, 11) is 0. The number of nitrogens with one attached hydrogen (secondary N) is 1. The number of allylic oxidation sites excluding steroid dienone is 4. The number of carbonyl (C=O) groups is 3. The molecule has 3 aliphatic rings. The van der Waals surface area contributed by atoms with Crippen LogP contribution in [0.15, 0.2) is 65.1 Å². The molecule has 1 aliphatic heterocycles. The van der Waals surface area contributed by atoms with E-state index in [-0.39, 0.29) is 34.9 Å². The molecule has 1 amide bonds. The third-order valence-electron chi connectivity index (χ3n) is 8.04.